The third-order valence-electron chi connectivity index (χ3n) is 2.70. The summed E-state index contributed by atoms with van der Waals surface area (Å²) >= 11 is 5.44. The van der Waals surface area contributed by atoms with Crippen molar-refractivity contribution in [3.8, 4) is 0 Å². The van der Waals surface area contributed by atoms with Crippen LogP contribution < -0.4 is 0 Å². The highest BCUT2D eigenvalue weighted by molar-refractivity contribution is 7.91. The second kappa shape index (κ2) is 5.99. The molecule has 1 heterocycles. The second-order valence-corrected chi connectivity index (χ2v) is 6.57. The van der Waals surface area contributed by atoms with E-state index in [-0.39, 0.29) is 23.9 Å². The van der Waals surface area contributed by atoms with Crippen molar-refractivity contribution in [3.05, 3.63) is 0 Å². The molecular weight excluding hydrogens is 270 g/mol. The fraction of sp³-hybridized carbons (Fsp3) is 0.889. The average Bonchev–Trinajstić information content (AvgIpc) is 2.64. The molecule has 1 amide bonds. The SMILES string of the molecule is O=C(CCl)N(CC(O)CO)C1CCS(=O)(=O)C1. The first kappa shape index (κ1) is 14.7. The van der Waals surface area contributed by atoms with Gasteiger partial charge >= 0.3 is 0 Å². The lowest BCUT2D eigenvalue weighted by Gasteiger charge is -2.29. The van der Waals surface area contributed by atoms with Gasteiger partial charge in [-0.2, -0.15) is 0 Å². The summed E-state index contributed by atoms with van der Waals surface area (Å²) in [6.45, 7) is -0.576. The number of sulfone groups is 1. The smallest absolute Gasteiger partial charge is 0.237 e. The van der Waals surface area contributed by atoms with Crippen LogP contribution in [-0.2, 0) is 14.6 Å². The molecule has 6 nitrogen and oxygen atoms in total. The first-order valence-electron chi connectivity index (χ1n) is 5.24. The summed E-state index contributed by atoms with van der Waals surface area (Å²) in [4.78, 5) is 12.8. The van der Waals surface area contributed by atoms with Crippen molar-refractivity contribution in [3.63, 3.8) is 0 Å². The van der Waals surface area contributed by atoms with Gasteiger partial charge in [0, 0.05) is 12.6 Å². The van der Waals surface area contributed by atoms with Gasteiger partial charge in [-0.3, -0.25) is 4.79 Å². The van der Waals surface area contributed by atoms with Gasteiger partial charge in [0.2, 0.25) is 5.91 Å². The van der Waals surface area contributed by atoms with Crippen molar-refractivity contribution >= 4 is 27.3 Å². The van der Waals surface area contributed by atoms with Crippen molar-refractivity contribution in [1.82, 2.24) is 4.90 Å². The lowest BCUT2D eigenvalue weighted by Crippen LogP contribution is -2.46. The summed E-state index contributed by atoms with van der Waals surface area (Å²) in [5.74, 6) is -0.761. The summed E-state index contributed by atoms with van der Waals surface area (Å²) in [5.41, 5.74) is 0. The number of aliphatic hydroxyl groups is 2. The van der Waals surface area contributed by atoms with Gasteiger partial charge in [-0.05, 0) is 6.42 Å². The summed E-state index contributed by atoms with van der Waals surface area (Å²) < 4.78 is 22.7. The van der Waals surface area contributed by atoms with Gasteiger partial charge in [-0.1, -0.05) is 0 Å². The third-order valence-corrected chi connectivity index (χ3v) is 4.68. The molecular formula is C9H16ClNO5S. The monoisotopic (exact) mass is 285 g/mol. The molecule has 0 radical (unpaired) electrons. The molecule has 1 aliphatic heterocycles. The second-order valence-electron chi connectivity index (χ2n) is 4.07. The number of rotatable bonds is 5. The van der Waals surface area contributed by atoms with Crippen molar-refractivity contribution in [2.45, 2.75) is 18.6 Å². The predicted octanol–water partition coefficient (Wildman–Crippen LogP) is -1.41. The standard InChI is InChI=1S/C9H16ClNO5S/c10-3-9(14)11(4-8(13)5-12)7-1-2-17(15,16)6-7/h7-8,12-13H,1-6H2. The number of nitrogens with zero attached hydrogens (tertiary/aromatic N) is 1. The number of aliphatic hydroxyl groups excluding tert-OH is 2. The van der Waals surface area contributed by atoms with E-state index in [0.717, 1.165) is 0 Å². The van der Waals surface area contributed by atoms with Crippen LogP contribution in [0, 0.1) is 0 Å². The van der Waals surface area contributed by atoms with Gasteiger partial charge in [-0.15, -0.1) is 11.6 Å². The summed E-state index contributed by atoms with van der Waals surface area (Å²) in [6.07, 6.45) is -0.728. The molecule has 2 N–H and O–H groups in total. The Morgan fingerprint density at radius 1 is 1.53 bits per heavy atom. The first-order chi connectivity index (χ1) is 7.89. The van der Waals surface area contributed by atoms with Crippen molar-refractivity contribution in [2.24, 2.45) is 0 Å². The zero-order valence-electron chi connectivity index (χ0n) is 9.25. The highest BCUT2D eigenvalue weighted by Gasteiger charge is 2.35. The number of amides is 1. The lowest BCUT2D eigenvalue weighted by molar-refractivity contribution is -0.132. The maximum absolute atomic E-state index is 11.6. The molecule has 0 saturated carbocycles. The first-order valence-corrected chi connectivity index (χ1v) is 7.60. The minimum absolute atomic E-state index is 0.0406. The van der Waals surface area contributed by atoms with E-state index in [2.05, 4.69) is 0 Å². The Morgan fingerprint density at radius 2 is 2.18 bits per heavy atom. The Bertz CT molecular complexity index is 372. The molecule has 1 rings (SSSR count). The maximum Gasteiger partial charge on any atom is 0.237 e. The van der Waals surface area contributed by atoms with E-state index >= 15 is 0 Å². The minimum Gasteiger partial charge on any atom is -0.394 e. The molecule has 1 saturated heterocycles. The molecule has 1 aliphatic rings. The number of alkyl halides is 1. The fourth-order valence-electron chi connectivity index (χ4n) is 1.84. The lowest BCUT2D eigenvalue weighted by atomic mass is 10.2. The molecule has 1 fully saturated rings. The molecule has 0 aromatic heterocycles. The number of halogens is 1. The zero-order chi connectivity index (χ0) is 13.1. The molecule has 0 spiro atoms. The van der Waals surface area contributed by atoms with Gasteiger partial charge in [0.1, 0.15) is 5.88 Å². The van der Waals surface area contributed by atoms with E-state index in [4.69, 9.17) is 16.7 Å². The van der Waals surface area contributed by atoms with Gasteiger partial charge in [0.25, 0.3) is 0 Å². The van der Waals surface area contributed by atoms with E-state index < -0.39 is 34.5 Å². The third kappa shape index (κ3) is 4.09. The van der Waals surface area contributed by atoms with Crippen molar-refractivity contribution < 1.29 is 23.4 Å². The highest BCUT2D eigenvalue weighted by Crippen LogP contribution is 2.18. The van der Waals surface area contributed by atoms with Crippen LogP contribution in [-0.4, -0.2) is 72.1 Å². The molecule has 8 heteroatoms. The van der Waals surface area contributed by atoms with Crippen molar-refractivity contribution in [2.75, 3.05) is 30.5 Å². The number of hydrogen-bond acceptors (Lipinski definition) is 5. The number of carbonyl (C=O) groups is 1. The molecule has 0 aromatic rings. The number of hydrogen-bond donors (Lipinski definition) is 2. The highest BCUT2D eigenvalue weighted by atomic mass is 35.5. The Labute approximate surface area is 105 Å². The summed E-state index contributed by atoms with van der Waals surface area (Å²) in [6, 6.07) is -0.451. The molecule has 17 heavy (non-hydrogen) atoms. The van der Waals surface area contributed by atoms with E-state index in [1.807, 2.05) is 0 Å². The fourth-order valence-corrected chi connectivity index (χ4v) is 3.72. The van der Waals surface area contributed by atoms with Crippen LogP contribution in [0.2, 0.25) is 0 Å². The average molecular weight is 286 g/mol. The quantitative estimate of drug-likeness (QED) is 0.606. The molecule has 0 aliphatic carbocycles. The molecule has 0 aromatic carbocycles. The predicted molar refractivity (Wildman–Crippen MR) is 62.6 cm³/mol. The molecule has 100 valence electrons. The Hall–Kier alpha value is -0.370. The summed E-state index contributed by atoms with van der Waals surface area (Å²) in [7, 11) is -3.11. The van der Waals surface area contributed by atoms with Crippen LogP contribution in [0.15, 0.2) is 0 Å². The number of carbonyl (C=O) groups excluding carboxylic acids is 1. The van der Waals surface area contributed by atoms with Crippen LogP contribution in [0.1, 0.15) is 6.42 Å². The van der Waals surface area contributed by atoms with Crippen LogP contribution >= 0.6 is 11.6 Å². The van der Waals surface area contributed by atoms with Crippen LogP contribution in [0.25, 0.3) is 0 Å². The molecule has 2 atom stereocenters. The summed E-state index contributed by atoms with van der Waals surface area (Å²) in [5, 5.41) is 18.1. The van der Waals surface area contributed by atoms with Gasteiger partial charge in [-0.25, -0.2) is 8.42 Å². The van der Waals surface area contributed by atoms with Crippen LogP contribution in [0.4, 0.5) is 0 Å². The molecule has 2 unspecified atom stereocenters. The molecule has 0 bridgehead atoms. The normalized spacial score (nSPS) is 24.5. The minimum atomic E-state index is -3.11. The Kier molecular flexibility index (Phi) is 5.18. The van der Waals surface area contributed by atoms with Gasteiger partial charge in [0.15, 0.2) is 9.84 Å². The maximum atomic E-state index is 11.6. The topological polar surface area (TPSA) is 94.9 Å². The van der Waals surface area contributed by atoms with Crippen LogP contribution in [0.3, 0.4) is 0 Å². The van der Waals surface area contributed by atoms with Crippen molar-refractivity contribution in [1.29, 1.82) is 0 Å². The van der Waals surface area contributed by atoms with Gasteiger partial charge < -0.3 is 15.1 Å². The van der Waals surface area contributed by atoms with Gasteiger partial charge in [0.05, 0.1) is 24.2 Å². The van der Waals surface area contributed by atoms with E-state index in [1.54, 1.807) is 0 Å². The van der Waals surface area contributed by atoms with Crippen LogP contribution in [0.5, 0.6) is 0 Å². The van der Waals surface area contributed by atoms with E-state index in [0.29, 0.717) is 6.42 Å². The zero-order valence-corrected chi connectivity index (χ0v) is 10.8. The largest absolute Gasteiger partial charge is 0.394 e. The Morgan fingerprint density at radius 3 is 2.59 bits per heavy atom. The van der Waals surface area contributed by atoms with E-state index in [1.165, 1.54) is 4.90 Å². The van der Waals surface area contributed by atoms with E-state index in [9.17, 15) is 18.3 Å². The Balaban J connectivity index is 2.74.